The lowest BCUT2D eigenvalue weighted by atomic mass is 10.2. The molecule has 0 saturated heterocycles. The summed E-state index contributed by atoms with van der Waals surface area (Å²) in [6.07, 6.45) is 0. The van der Waals surface area contributed by atoms with E-state index >= 15 is 0 Å². The van der Waals surface area contributed by atoms with Gasteiger partial charge in [-0.2, -0.15) is 0 Å². The number of rotatable bonds is 7. The summed E-state index contributed by atoms with van der Waals surface area (Å²) >= 11 is 2.75. The van der Waals surface area contributed by atoms with Crippen molar-refractivity contribution in [1.82, 2.24) is 9.55 Å². The molecule has 0 spiro atoms. The minimum atomic E-state index is -0.214. The number of ether oxygens (including phenoxy) is 2. The number of hydrogen-bond acceptors (Lipinski definition) is 7. The van der Waals surface area contributed by atoms with E-state index in [0.717, 1.165) is 15.3 Å². The van der Waals surface area contributed by atoms with Crippen molar-refractivity contribution in [3.05, 3.63) is 39.0 Å². The number of nitrogens with one attached hydrogen (secondary N) is 1. The smallest absolute Gasteiger partial charge is 0.263 e. The molecule has 9 heteroatoms. The van der Waals surface area contributed by atoms with E-state index in [1.165, 1.54) is 30.2 Å². The van der Waals surface area contributed by atoms with E-state index < -0.39 is 0 Å². The lowest BCUT2D eigenvalue weighted by Gasteiger charge is -2.12. The molecule has 1 N–H and O–H groups in total. The number of thioether (sulfide) groups is 1. The van der Waals surface area contributed by atoms with Crippen LogP contribution in [0.1, 0.15) is 17.4 Å². The zero-order valence-electron chi connectivity index (χ0n) is 17.0. The Morgan fingerprint density at radius 1 is 1.28 bits per heavy atom. The first-order chi connectivity index (χ1) is 13.9. The number of fused-ring (bicyclic) bond motifs is 1. The quantitative estimate of drug-likeness (QED) is 0.450. The van der Waals surface area contributed by atoms with Crippen LogP contribution in [-0.2, 0) is 11.3 Å². The van der Waals surface area contributed by atoms with Crippen LogP contribution in [0, 0.1) is 13.8 Å². The molecule has 3 aromatic rings. The standard InChI is InChI=1S/C20H23N3O4S2/c1-6-23-19(25)17-11(2)12(3)29-18(17)22-20(23)28-10-16(24)21-14-8-7-13(26-4)9-15(14)27-5/h7-9H,6,10H2,1-5H3,(H,21,24). The summed E-state index contributed by atoms with van der Waals surface area (Å²) in [5.41, 5.74) is 1.48. The molecule has 0 saturated carbocycles. The van der Waals surface area contributed by atoms with Crippen molar-refractivity contribution in [2.45, 2.75) is 32.5 Å². The molecule has 0 radical (unpaired) electrons. The number of hydrogen-bond donors (Lipinski definition) is 1. The number of methoxy groups -OCH3 is 2. The van der Waals surface area contributed by atoms with Gasteiger partial charge >= 0.3 is 0 Å². The van der Waals surface area contributed by atoms with Crippen molar-refractivity contribution >= 4 is 44.9 Å². The van der Waals surface area contributed by atoms with Crippen molar-refractivity contribution in [3.63, 3.8) is 0 Å². The fourth-order valence-corrected chi connectivity index (χ4v) is 4.85. The minimum Gasteiger partial charge on any atom is -0.497 e. The third kappa shape index (κ3) is 4.25. The van der Waals surface area contributed by atoms with Crippen LogP contribution in [0.5, 0.6) is 11.5 Å². The summed E-state index contributed by atoms with van der Waals surface area (Å²) in [5, 5.41) is 4.05. The van der Waals surface area contributed by atoms with Gasteiger partial charge < -0.3 is 14.8 Å². The van der Waals surface area contributed by atoms with Crippen LogP contribution in [0.3, 0.4) is 0 Å². The Labute approximate surface area is 177 Å². The normalized spacial score (nSPS) is 10.9. The number of aryl methyl sites for hydroxylation is 2. The molecule has 0 atom stereocenters. The van der Waals surface area contributed by atoms with E-state index in [9.17, 15) is 9.59 Å². The second-order valence-electron chi connectivity index (χ2n) is 6.31. The Hall–Kier alpha value is -2.52. The van der Waals surface area contributed by atoms with Gasteiger partial charge in [-0.05, 0) is 38.5 Å². The number of benzene rings is 1. The zero-order chi connectivity index (χ0) is 21.1. The Bertz CT molecular complexity index is 1120. The van der Waals surface area contributed by atoms with Gasteiger partial charge in [-0.15, -0.1) is 11.3 Å². The summed E-state index contributed by atoms with van der Waals surface area (Å²) in [4.78, 5) is 31.8. The largest absolute Gasteiger partial charge is 0.497 e. The molecule has 29 heavy (non-hydrogen) atoms. The summed E-state index contributed by atoms with van der Waals surface area (Å²) in [6, 6.07) is 5.18. The fourth-order valence-electron chi connectivity index (χ4n) is 2.92. The highest BCUT2D eigenvalue weighted by Gasteiger charge is 2.17. The highest BCUT2D eigenvalue weighted by Crippen LogP contribution is 2.30. The van der Waals surface area contributed by atoms with E-state index in [4.69, 9.17) is 9.47 Å². The first-order valence-corrected chi connectivity index (χ1v) is 10.8. The predicted octanol–water partition coefficient (Wildman–Crippen LogP) is 3.84. The predicted molar refractivity (Wildman–Crippen MR) is 118 cm³/mol. The summed E-state index contributed by atoms with van der Waals surface area (Å²) in [6.45, 7) is 6.32. The lowest BCUT2D eigenvalue weighted by molar-refractivity contribution is -0.113. The van der Waals surface area contributed by atoms with Crippen molar-refractivity contribution in [2.75, 3.05) is 25.3 Å². The summed E-state index contributed by atoms with van der Waals surface area (Å²) in [5.74, 6) is 1.06. The van der Waals surface area contributed by atoms with Crippen LogP contribution in [0.25, 0.3) is 10.2 Å². The average Bonchev–Trinajstić information content (AvgIpc) is 3.00. The molecule has 2 heterocycles. The van der Waals surface area contributed by atoms with Crippen molar-refractivity contribution in [2.24, 2.45) is 0 Å². The Balaban J connectivity index is 1.80. The molecule has 0 unspecified atom stereocenters. The van der Waals surface area contributed by atoms with Crippen LogP contribution < -0.4 is 20.3 Å². The molecule has 154 valence electrons. The van der Waals surface area contributed by atoms with Crippen LogP contribution >= 0.6 is 23.1 Å². The maximum absolute atomic E-state index is 12.9. The van der Waals surface area contributed by atoms with Crippen LogP contribution in [0.2, 0.25) is 0 Å². The number of carbonyl (C=O) groups excluding carboxylic acids is 1. The number of carbonyl (C=O) groups is 1. The lowest BCUT2D eigenvalue weighted by Crippen LogP contribution is -2.23. The third-order valence-corrected chi connectivity index (χ3v) is 6.66. The highest BCUT2D eigenvalue weighted by atomic mass is 32.2. The molecule has 0 fully saturated rings. The molecule has 3 rings (SSSR count). The van der Waals surface area contributed by atoms with Gasteiger partial charge in [0.2, 0.25) is 5.91 Å². The monoisotopic (exact) mass is 433 g/mol. The van der Waals surface area contributed by atoms with E-state index in [1.807, 2.05) is 20.8 Å². The van der Waals surface area contributed by atoms with Crippen LogP contribution in [-0.4, -0.2) is 35.4 Å². The maximum atomic E-state index is 12.9. The highest BCUT2D eigenvalue weighted by molar-refractivity contribution is 7.99. The van der Waals surface area contributed by atoms with Gasteiger partial charge in [-0.3, -0.25) is 14.2 Å². The molecule has 0 aliphatic carbocycles. The van der Waals surface area contributed by atoms with Gasteiger partial charge in [0.15, 0.2) is 5.16 Å². The Morgan fingerprint density at radius 3 is 2.69 bits per heavy atom. The molecular formula is C20H23N3O4S2. The molecule has 2 aromatic heterocycles. The molecule has 1 aromatic carbocycles. The zero-order valence-corrected chi connectivity index (χ0v) is 18.6. The molecule has 1 amide bonds. The first kappa shape index (κ1) is 21.2. The third-order valence-electron chi connectivity index (χ3n) is 4.59. The fraction of sp³-hybridized carbons (Fsp3) is 0.350. The van der Waals surface area contributed by atoms with Crippen LogP contribution in [0.15, 0.2) is 28.2 Å². The van der Waals surface area contributed by atoms with Gasteiger partial charge in [0.25, 0.3) is 5.56 Å². The van der Waals surface area contributed by atoms with Crippen molar-refractivity contribution in [3.8, 4) is 11.5 Å². The van der Waals surface area contributed by atoms with Crippen molar-refractivity contribution in [1.29, 1.82) is 0 Å². The first-order valence-electron chi connectivity index (χ1n) is 9.04. The molecule has 7 nitrogen and oxygen atoms in total. The Morgan fingerprint density at radius 2 is 2.03 bits per heavy atom. The number of nitrogens with zero attached hydrogens (tertiary/aromatic N) is 2. The average molecular weight is 434 g/mol. The van der Waals surface area contributed by atoms with Gasteiger partial charge in [-0.1, -0.05) is 11.8 Å². The Kier molecular flexibility index (Phi) is 6.49. The topological polar surface area (TPSA) is 82.5 Å². The number of anilines is 1. The number of thiophene rings is 1. The number of amides is 1. The SMILES string of the molecule is CCn1c(SCC(=O)Nc2ccc(OC)cc2OC)nc2sc(C)c(C)c2c1=O. The second kappa shape index (κ2) is 8.87. The maximum Gasteiger partial charge on any atom is 0.263 e. The van der Waals surface area contributed by atoms with Gasteiger partial charge in [0, 0.05) is 17.5 Å². The van der Waals surface area contributed by atoms with E-state index in [0.29, 0.717) is 34.3 Å². The molecular weight excluding hydrogens is 410 g/mol. The van der Waals surface area contributed by atoms with Crippen LogP contribution in [0.4, 0.5) is 5.69 Å². The molecule has 0 aliphatic rings. The number of aromatic nitrogens is 2. The van der Waals surface area contributed by atoms with Gasteiger partial charge in [0.05, 0.1) is 31.0 Å². The molecule has 0 aliphatic heterocycles. The minimum absolute atomic E-state index is 0.0564. The molecule has 0 bridgehead atoms. The second-order valence-corrected chi connectivity index (χ2v) is 8.46. The summed E-state index contributed by atoms with van der Waals surface area (Å²) < 4.78 is 12.1. The van der Waals surface area contributed by atoms with E-state index in [2.05, 4.69) is 10.3 Å². The van der Waals surface area contributed by atoms with E-state index in [-0.39, 0.29) is 17.2 Å². The van der Waals surface area contributed by atoms with Crippen molar-refractivity contribution < 1.29 is 14.3 Å². The van der Waals surface area contributed by atoms with Gasteiger partial charge in [-0.25, -0.2) is 4.98 Å². The van der Waals surface area contributed by atoms with E-state index in [1.54, 1.807) is 29.9 Å². The van der Waals surface area contributed by atoms with Gasteiger partial charge in [0.1, 0.15) is 16.3 Å². The summed E-state index contributed by atoms with van der Waals surface area (Å²) in [7, 11) is 3.10.